The van der Waals surface area contributed by atoms with E-state index >= 15 is 0 Å². The van der Waals surface area contributed by atoms with Gasteiger partial charge in [0, 0.05) is 6.54 Å². The van der Waals surface area contributed by atoms with Crippen LogP contribution >= 0.6 is 11.3 Å². The van der Waals surface area contributed by atoms with Gasteiger partial charge in [-0.05, 0) is 42.6 Å². The molecule has 0 atom stereocenters. The zero-order valence-corrected chi connectivity index (χ0v) is 19.9. The third-order valence-electron chi connectivity index (χ3n) is 5.40. The van der Waals surface area contributed by atoms with E-state index in [2.05, 4.69) is 16.9 Å². The zero-order chi connectivity index (χ0) is 23.9. The molecule has 0 radical (unpaired) electrons. The van der Waals surface area contributed by atoms with Crippen LogP contribution in [0.4, 0.5) is 5.82 Å². The molecule has 2 aromatic carbocycles. The van der Waals surface area contributed by atoms with E-state index in [1.807, 2.05) is 25.1 Å². The SMILES string of the molecule is C=CCn1c(NC(=O)c2cccs2)c(S(=O)(=O)c2ccc(C)cc2)c2nc3ccccc3nc21. The molecule has 170 valence electrons. The maximum atomic E-state index is 13.9. The van der Waals surface area contributed by atoms with Crippen LogP contribution in [0.3, 0.4) is 0 Å². The number of hydrogen-bond donors (Lipinski definition) is 1. The molecule has 5 rings (SSSR count). The van der Waals surface area contributed by atoms with Gasteiger partial charge in [-0.25, -0.2) is 18.4 Å². The first-order valence-corrected chi connectivity index (χ1v) is 12.8. The highest BCUT2D eigenvalue weighted by Crippen LogP contribution is 2.37. The summed E-state index contributed by atoms with van der Waals surface area (Å²) in [6, 6.07) is 17.3. The van der Waals surface area contributed by atoms with E-state index in [0.29, 0.717) is 21.6 Å². The van der Waals surface area contributed by atoms with E-state index in [-0.39, 0.29) is 27.7 Å². The molecule has 0 aliphatic heterocycles. The number of hydrogen-bond acceptors (Lipinski definition) is 6. The van der Waals surface area contributed by atoms with Gasteiger partial charge in [0.25, 0.3) is 5.91 Å². The van der Waals surface area contributed by atoms with Gasteiger partial charge >= 0.3 is 0 Å². The molecule has 0 saturated carbocycles. The number of anilines is 1. The summed E-state index contributed by atoms with van der Waals surface area (Å²) in [6.07, 6.45) is 1.62. The molecule has 1 N–H and O–H groups in total. The number of benzene rings is 2. The third kappa shape index (κ3) is 3.68. The van der Waals surface area contributed by atoms with E-state index in [1.165, 1.54) is 11.3 Å². The molecule has 0 spiro atoms. The molecular formula is C25H20N4O3S2. The summed E-state index contributed by atoms with van der Waals surface area (Å²) < 4.78 is 29.5. The summed E-state index contributed by atoms with van der Waals surface area (Å²) in [5, 5.41) is 4.61. The number of rotatable bonds is 6. The number of carbonyl (C=O) groups is 1. The monoisotopic (exact) mass is 488 g/mol. The Bertz CT molecular complexity index is 1650. The van der Waals surface area contributed by atoms with E-state index in [1.54, 1.807) is 58.5 Å². The van der Waals surface area contributed by atoms with Crippen molar-refractivity contribution in [2.75, 3.05) is 5.32 Å². The normalized spacial score (nSPS) is 11.7. The van der Waals surface area contributed by atoms with Crippen molar-refractivity contribution >= 4 is 55.1 Å². The average molecular weight is 489 g/mol. The van der Waals surface area contributed by atoms with Gasteiger partial charge < -0.3 is 9.88 Å². The molecule has 3 aromatic heterocycles. The molecule has 3 heterocycles. The van der Waals surface area contributed by atoms with Crippen molar-refractivity contribution in [3.05, 3.63) is 89.1 Å². The summed E-state index contributed by atoms with van der Waals surface area (Å²) >= 11 is 1.27. The lowest BCUT2D eigenvalue weighted by Crippen LogP contribution is -2.16. The number of sulfone groups is 1. The number of carbonyl (C=O) groups excluding carboxylic acids is 1. The Hall–Kier alpha value is -3.82. The van der Waals surface area contributed by atoms with Crippen molar-refractivity contribution in [2.24, 2.45) is 0 Å². The first-order chi connectivity index (χ1) is 16.4. The van der Waals surface area contributed by atoms with Gasteiger partial charge in [-0.3, -0.25) is 4.79 Å². The number of thiophene rings is 1. The highest BCUT2D eigenvalue weighted by Gasteiger charge is 2.32. The van der Waals surface area contributed by atoms with Crippen LogP contribution < -0.4 is 5.32 Å². The molecule has 0 aliphatic rings. The van der Waals surface area contributed by atoms with Crippen molar-refractivity contribution in [1.29, 1.82) is 0 Å². The number of para-hydroxylation sites is 2. The van der Waals surface area contributed by atoms with Crippen LogP contribution in [0, 0.1) is 6.92 Å². The van der Waals surface area contributed by atoms with Crippen molar-refractivity contribution in [2.45, 2.75) is 23.3 Å². The van der Waals surface area contributed by atoms with E-state index in [0.717, 1.165) is 5.56 Å². The molecule has 0 unspecified atom stereocenters. The zero-order valence-electron chi connectivity index (χ0n) is 18.2. The second-order valence-corrected chi connectivity index (χ2v) is 10.5. The number of aryl methyl sites for hydroxylation is 1. The van der Waals surface area contributed by atoms with Gasteiger partial charge in [-0.15, -0.1) is 17.9 Å². The average Bonchev–Trinajstić information content (AvgIpc) is 3.46. The smallest absolute Gasteiger partial charge is 0.266 e. The van der Waals surface area contributed by atoms with Gasteiger partial charge in [0.1, 0.15) is 16.2 Å². The largest absolute Gasteiger partial charge is 0.306 e. The number of amides is 1. The molecule has 7 nitrogen and oxygen atoms in total. The van der Waals surface area contributed by atoms with E-state index in [4.69, 9.17) is 4.98 Å². The fourth-order valence-electron chi connectivity index (χ4n) is 3.77. The first kappa shape index (κ1) is 22.0. The molecule has 0 bridgehead atoms. The molecule has 1 amide bonds. The Labute approximate surface area is 200 Å². The second kappa shape index (κ2) is 8.51. The number of allylic oxidation sites excluding steroid dienone is 1. The van der Waals surface area contributed by atoms with Crippen LogP contribution in [0.25, 0.3) is 22.2 Å². The highest BCUT2D eigenvalue weighted by molar-refractivity contribution is 7.92. The first-order valence-electron chi connectivity index (χ1n) is 10.5. The fraction of sp³-hybridized carbons (Fsp3) is 0.0800. The molecule has 0 aliphatic carbocycles. The van der Waals surface area contributed by atoms with E-state index in [9.17, 15) is 13.2 Å². The maximum Gasteiger partial charge on any atom is 0.266 e. The molecule has 0 fully saturated rings. The van der Waals surface area contributed by atoms with Crippen molar-refractivity contribution in [3.63, 3.8) is 0 Å². The van der Waals surface area contributed by atoms with Crippen LogP contribution in [-0.4, -0.2) is 28.9 Å². The van der Waals surface area contributed by atoms with Gasteiger partial charge in [0.05, 0.1) is 20.8 Å². The standard InChI is InChI=1S/C25H20N4O3S2/c1-3-14-29-23-21(26-18-7-4-5-8-19(18)27-23)22(24(29)28-25(30)20-9-6-15-33-20)34(31,32)17-12-10-16(2)11-13-17/h3-13,15H,1,14H2,2H3,(H,28,30). The van der Waals surface area contributed by atoms with Gasteiger partial charge in [0.2, 0.25) is 9.84 Å². The van der Waals surface area contributed by atoms with Gasteiger partial charge in [-0.1, -0.05) is 42.0 Å². The van der Waals surface area contributed by atoms with E-state index < -0.39 is 15.7 Å². The lowest BCUT2D eigenvalue weighted by molar-refractivity contribution is 0.102. The summed E-state index contributed by atoms with van der Waals surface area (Å²) in [5.74, 6) is -0.294. The Morgan fingerprint density at radius 1 is 1.06 bits per heavy atom. The lowest BCUT2D eigenvalue weighted by Gasteiger charge is -2.11. The molecule has 5 aromatic rings. The van der Waals surface area contributed by atoms with Gasteiger partial charge in [-0.2, -0.15) is 0 Å². The minimum absolute atomic E-state index is 0.0867. The second-order valence-electron chi connectivity index (χ2n) is 7.71. The summed E-state index contributed by atoms with van der Waals surface area (Å²) in [4.78, 5) is 22.9. The maximum absolute atomic E-state index is 13.9. The van der Waals surface area contributed by atoms with Crippen LogP contribution in [-0.2, 0) is 16.4 Å². The summed E-state index contributed by atoms with van der Waals surface area (Å²) in [7, 11) is -4.06. The minimum atomic E-state index is -4.06. The summed E-state index contributed by atoms with van der Waals surface area (Å²) in [5.41, 5.74) is 2.66. The number of nitrogens with zero attached hydrogens (tertiary/aromatic N) is 3. The van der Waals surface area contributed by atoms with Gasteiger partial charge in [0.15, 0.2) is 5.65 Å². The predicted molar refractivity (Wildman–Crippen MR) is 134 cm³/mol. The van der Waals surface area contributed by atoms with Crippen molar-refractivity contribution < 1.29 is 13.2 Å². The van der Waals surface area contributed by atoms with Crippen LogP contribution in [0.1, 0.15) is 15.2 Å². The highest BCUT2D eigenvalue weighted by atomic mass is 32.2. The van der Waals surface area contributed by atoms with Crippen LogP contribution in [0.15, 0.2) is 88.5 Å². The molecule has 0 saturated heterocycles. The van der Waals surface area contributed by atoms with Crippen LogP contribution in [0.5, 0.6) is 0 Å². The number of aromatic nitrogens is 3. The van der Waals surface area contributed by atoms with Crippen molar-refractivity contribution in [3.8, 4) is 0 Å². The van der Waals surface area contributed by atoms with Crippen LogP contribution in [0.2, 0.25) is 0 Å². The predicted octanol–water partition coefficient (Wildman–Crippen LogP) is 5.23. The molecular weight excluding hydrogens is 468 g/mol. The third-order valence-corrected chi connectivity index (χ3v) is 8.08. The Morgan fingerprint density at radius 3 is 2.41 bits per heavy atom. The summed E-state index contributed by atoms with van der Waals surface area (Å²) in [6.45, 7) is 5.92. The number of nitrogens with one attached hydrogen (secondary N) is 1. The topological polar surface area (TPSA) is 94.0 Å². The fourth-order valence-corrected chi connectivity index (χ4v) is 5.93. The van der Waals surface area contributed by atoms with Crippen molar-refractivity contribution in [1.82, 2.24) is 14.5 Å². The Kier molecular flexibility index (Phi) is 5.51. The Balaban J connectivity index is 1.85. The number of fused-ring (bicyclic) bond motifs is 2. The molecule has 9 heteroatoms. The minimum Gasteiger partial charge on any atom is -0.306 e. The lowest BCUT2D eigenvalue weighted by atomic mass is 10.2. The Morgan fingerprint density at radius 2 is 1.76 bits per heavy atom. The quantitative estimate of drug-likeness (QED) is 0.331. The molecule has 34 heavy (non-hydrogen) atoms.